The Hall–Kier alpha value is -1.02. The lowest BCUT2D eigenvalue weighted by molar-refractivity contribution is 0.365. The fraction of sp³-hybridized carbons (Fsp3) is 0.600. The van der Waals surface area contributed by atoms with Crippen LogP contribution in [0, 0.1) is 5.92 Å². The van der Waals surface area contributed by atoms with Crippen LogP contribution in [0.15, 0.2) is 18.2 Å². The molecule has 2 heteroatoms. The molecule has 2 nitrogen and oxygen atoms in total. The second-order valence-corrected chi connectivity index (χ2v) is 5.41. The molecule has 2 rings (SSSR count). The fourth-order valence-corrected chi connectivity index (χ4v) is 2.64. The van der Waals surface area contributed by atoms with Crippen LogP contribution < -0.4 is 5.32 Å². The summed E-state index contributed by atoms with van der Waals surface area (Å²) in [6.07, 6.45) is 3.48. The van der Waals surface area contributed by atoms with E-state index in [0.717, 1.165) is 36.6 Å². The van der Waals surface area contributed by atoms with Gasteiger partial charge in [0.25, 0.3) is 0 Å². The summed E-state index contributed by atoms with van der Waals surface area (Å²) in [5, 5.41) is 13.7. The molecule has 0 spiro atoms. The van der Waals surface area contributed by atoms with Gasteiger partial charge in [0.1, 0.15) is 5.75 Å². The highest BCUT2D eigenvalue weighted by molar-refractivity contribution is 5.42. The molecule has 1 fully saturated rings. The SMILES string of the molecule is CC(C)c1cccc(CC2CCNCC2)c1O. The van der Waals surface area contributed by atoms with E-state index in [1.54, 1.807) is 0 Å². The molecule has 1 heterocycles. The molecule has 0 amide bonds. The molecule has 0 aliphatic carbocycles. The van der Waals surface area contributed by atoms with Crippen LogP contribution in [0.5, 0.6) is 5.75 Å². The van der Waals surface area contributed by atoms with E-state index in [9.17, 15) is 5.11 Å². The lowest BCUT2D eigenvalue weighted by Gasteiger charge is -2.23. The lowest BCUT2D eigenvalue weighted by atomic mass is 9.88. The van der Waals surface area contributed by atoms with E-state index >= 15 is 0 Å². The summed E-state index contributed by atoms with van der Waals surface area (Å²) >= 11 is 0. The van der Waals surface area contributed by atoms with Crippen molar-refractivity contribution in [3.63, 3.8) is 0 Å². The Morgan fingerprint density at radius 3 is 2.65 bits per heavy atom. The first-order valence-corrected chi connectivity index (χ1v) is 6.70. The number of piperidine rings is 1. The van der Waals surface area contributed by atoms with Crippen molar-refractivity contribution in [1.82, 2.24) is 5.32 Å². The molecule has 1 aliphatic rings. The number of nitrogens with one attached hydrogen (secondary N) is 1. The Morgan fingerprint density at radius 2 is 2.00 bits per heavy atom. The summed E-state index contributed by atoms with van der Waals surface area (Å²) in [5.41, 5.74) is 2.21. The highest BCUT2D eigenvalue weighted by atomic mass is 16.3. The lowest BCUT2D eigenvalue weighted by Crippen LogP contribution is -2.28. The molecule has 0 aromatic heterocycles. The van der Waals surface area contributed by atoms with Crippen LogP contribution in [-0.4, -0.2) is 18.2 Å². The number of phenolic OH excluding ortho intramolecular Hbond substituents is 1. The van der Waals surface area contributed by atoms with E-state index in [1.165, 1.54) is 12.8 Å². The Balaban J connectivity index is 2.12. The van der Waals surface area contributed by atoms with Crippen molar-refractivity contribution < 1.29 is 5.11 Å². The topological polar surface area (TPSA) is 32.3 Å². The largest absolute Gasteiger partial charge is 0.507 e. The number of rotatable bonds is 3. The normalized spacial score (nSPS) is 17.6. The molecule has 0 unspecified atom stereocenters. The van der Waals surface area contributed by atoms with Crippen LogP contribution in [0.4, 0.5) is 0 Å². The Kier molecular flexibility index (Phi) is 4.06. The minimum absolute atomic E-state index is 0.392. The molecule has 0 bridgehead atoms. The molecule has 1 aromatic carbocycles. The predicted octanol–water partition coefficient (Wildman–Crippen LogP) is 3.06. The molecule has 1 saturated heterocycles. The highest BCUT2D eigenvalue weighted by Crippen LogP contribution is 2.31. The summed E-state index contributed by atoms with van der Waals surface area (Å²) in [5.74, 6) is 1.65. The van der Waals surface area contributed by atoms with Crippen molar-refractivity contribution in [3.05, 3.63) is 29.3 Å². The first-order valence-electron chi connectivity index (χ1n) is 6.70. The fourth-order valence-electron chi connectivity index (χ4n) is 2.64. The molecule has 0 radical (unpaired) electrons. The number of benzene rings is 1. The Labute approximate surface area is 104 Å². The van der Waals surface area contributed by atoms with E-state index in [1.807, 2.05) is 6.07 Å². The van der Waals surface area contributed by atoms with Gasteiger partial charge in [-0.15, -0.1) is 0 Å². The predicted molar refractivity (Wildman–Crippen MR) is 71.5 cm³/mol. The van der Waals surface area contributed by atoms with Crippen molar-refractivity contribution >= 4 is 0 Å². The molecule has 2 N–H and O–H groups in total. The Bertz CT molecular complexity index is 367. The number of hydrogen-bond acceptors (Lipinski definition) is 2. The van der Waals surface area contributed by atoms with Crippen LogP contribution in [0.1, 0.15) is 43.7 Å². The van der Waals surface area contributed by atoms with Gasteiger partial charge in [-0.3, -0.25) is 0 Å². The summed E-state index contributed by atoms with van der Waals surface area (Å²) < 4.78 is 0. The zero-order chi connectivity index (χ0) is 12.3. The molecular weight excluding hydrogens is 210 g/mol. The van der Waals surface area contributed by atoms with Crippen LogP contribution in [0.25, 0.3) is 0 Å². The van der Waals surface area contributed by atoms with Crippen LogP contribution in [0.3, 0.4) is 0 Å². The average Bonchev–Trinajstić information content (AvgIpc) is 2.33. The van der Waals surface area contributed by atoms with Crippen molar-refractivity contribution in [2.45, 2.75) is 39.0 Å². The maximum Gasteiger partial charge on any atom is 0.122 e. The van der Waals surface area contributed by atoms with Gasteiger partial charge < -0.3 is 10.4 Å². The zero-order valence-corrected chi connectivity index (χ0v) is 10.9. The summed E-state index contributed by atoms with van der Waals surface area (Å²) in [6.45, 7) is 6.50. The van der Waals surface area contributed by atoms with Gasteiger partial charge in [0.15, 0.2) is 0 Å². The summed E-state index contributed by atoms with van der Waals surface area (Å²) in [7, 11) is 0. The van der Waals surface area contributed by atoms with Crippen LogP contribution in [-0.2, 0) is 6.42 Å². The van der Waals surface area contributed by atoms with Crippen molar-refractivity contribution in [2.75, 3.05) is 13.1 Å². The van der Waals surface area contributed by atoms with Gasteiger partial charge in [-0.1, -0.05) is 32.0 Å². The van der Waals surface area contributed by atoms with Crippen LogP contribution in [0.2, 0.25) is 0 Å². The maximum absolute atomic E-state index is 10.3. The third kappa shape index (κ3) is 3.01. The van der Waals surface area contributed by atoms with E-state index in [-0.39, 0.29) is 0 Å². The molecule has 94 valence electrons. The summed E-state index contributed by atoms with van der Waals surface area (Å²) in [6, 6.07) is 6.18. The number of aromatic hydroxyl groups is 1. The molecule has 1 aromatic rings. The standard InChI is InChI=1S/C15H23NO/c1-11(2)14-5-3-4-13(15(14)17)10-12-6-8-16-9-7-12/h3-5,11-12,16-17H,6-10H2,1-2H3. The number of phenols is 1. The van der Waals surface area contributed by atoms with E-state index in [4.69, 9.17) is 0 Å². The van der Waals surface area contributed by atoms with Gasteiger partial charge in [-0.05, 0) is 55.3 Å². The van der Waals surface area contributed by atoms with Crippen LogP contribution >= 0.6 is 0 Å². The van der Waals surface area contributed by atoms with E-state index < -0.39 is 0 Å². The second-order valence-electron chi connectivity index (χ2n) is 5.41. The van der Waals surface area contributed by atoms with Gasteiger partial charge in [-0.2, -0.15) is 0 Å². The van der Waals surface area contributed by atoms with Crippen molar-refractivity contribution in [2.24, 2.45) is 5.92 Å². The maximum atomic E-state index is 10.3. The summed E-state index contributed by atoms with van der Waals surface area (Å²) in [4.78, 5) is 0. The third-order valence-corrected chi connectivity index (χ3v) is 3.74. The van der Waals surface area contributed by atoms with Crippen molar-refractivity contribution in [1.29, 1.82) is 0 Å². The molecule has 0 atom stereocenters. The quantitative estimate of drug-likeness (QED) is 0.841. The molecule has 1 aliphatic heterocycles. The molecule has 17 heavy (non-hydrogen) atoms. The minimum atomic E-state index is 0.392. The first-order chi connectivity index (χ1) is 8.18. The highest BCUT2D eigenvalue weighted by Gasteiger charge is 2.17. The minimum Gasteiger partial charge on any atom is -0.507 e. The molecular formula is C15H23NO. The Morgan fingerprint density at radius 1 is 1.29 bits per heavy atom. The second kappa shape index (κ2) is 5.54. The van der Waals surface area contributed by atoms with E-state index in [2.05, 4.69) is 31.3 Å². The van der Waals surface area contributed by atoms with Gasteiger partial charge in [0.05, 0.1) is 0 Å². The van der Waals surface area contributed by atoms with Gasteiger partial charge in [-0.25, -0.2) is 0 Å². The monoisotopic (exact) mass is 233 g/mol. The third-order valence-electron chi connectivity index (χ3n) is 3.74. The number of para-hydroxylation sites is 1. The van der Waals surface area contributed by atoms with Gasteiger partial charge >= 0.3 is 0 Å². The molecule has 0 saturated carbocycles. The smallest absolute Gasteiger partial charge is 0.122 e. The zero-order valence-electron chi connectivity index (χ0n) is 10.9. The van der Waals surface area contributed by atoms with Gasteiger partial charge in [0.2, 0.25) is 0 Å². The van der Waals surface area contributed by atoms with Crippen molar-refractivity contribution in [3.8, 4) is 5.75 Å². The van der Waals surface area contributed by atoms with E-state index in [0.29, 0.717) is 11.7 Å². The van der Waals surface area contributed by atoms with Gasteiger partial charge in [0, 0.05) is 0 Å². The number of hydrogen-bond donors (Lipinski definition) is 2. The average molecular weight is 233 g/mol. The first kappa shape index (κ1) is 12.4.